The van der Waals surface area contributed by atoms with Gasteiger partial charge in [0.25, 0.3) is 5.91 Å². The van der Waals surface area contributed by atoms with Gasteiger partial charge in [-0.15, -0.1) is 0 Å². The van der Waals surface area contributed by atoms with E-state index in [0.717, 1.165) is 37.7 Å². The number of aryl methyl sites for hydroxylation is 1. The average molecular weight is 535 g/mol. The van der Waals surface area contributed by atoms with Crippen LogP contribution in [0, 0.1) is 6.92 Å². The fourth-order valence-corrected chi connectivity index (χ4v) is 5.02. The Morgan fingerprint density at radius 3 is 2.56 bits per heavy atom. The number of nitrogens with one attached hydrogen (secondary N) is 2. The molecule has 5 aromatic rings. The van der Waals surface area contributed by atoms with E-state index in [1.165, 1.54) is 6.33 Å². The number of rotatable bonds is 8. The number of pyridine rings is 1. The second kappa shape index (κ2) is 11.5. The first-order chi connectivity index (χ1) is 18.9. The predicted octanol–water partition coefficient (Wildman–Crippen LogP) is 6.86. The summed E-state index contributed by atoms with van der Waals surface area (Å²) in [7, 11) is 0. The molecule has 196 valence electrons. The van der Waals surface area contributed by atoms with E-state index in [-0.39, 0.29) is 5.91 Å². The smallest absolute Gasteiger partial charge is 0.251 e. The molecule has 3 aromatic carbocycles. The van der Waals surface area contributed by atoms with E-state index in [1.807, 2.05) is 79.7 Å². The first kappa shape index (κ1) is 26.2. The third-order valence-electron chi connectivity index (χ3n) is 6.25. The van der Waals surface area contributed by atoms with Crippen LogP contribution in [0.25, 0.3) is 11.0 Å². The summed E-state index contributed by atoms with van der Waals surface area (Å²) in [5.74, 6) is 0.761. The summed E-state index contributed by atoms with van der Waals surface area (Å²) in [5, 5.41) is 7.29. The van der Waals surface area contributed by atoms with Crippen molar-refractivity contribution in [2.24, 2.45) is 0 Å². The predicted molar refractivity (Wildman–Crippen MR) is 158 cm³/mol. The molecule has 4 N–H and O–H groups in total. The van der Waals surface area contributed by atoms with Crippen LogP contribution in [0.5, 0.6) is 0 Å². The zero-order valence-corrected chi connectivity index (χ0v) is 22.9. The van der Waals surface area contributed by atoms with Gasteiger partial charge in [-0.3, -0.25) is 4.79 Å². The van der Waals surface area contributed by atoms with Gasteiger partial charge in [0.1, 0.15) is 12.1 Å². The molecule has 0 aliphatic rings. The minimum Gasteiger partial charge on any atom is -0.399 e. The Labute approximate surface area is 232 Å². The monoisotopic (exact) mass is 534 g/mol. The number of hydrogen-bond acceptors (Lipinski definition) is 7. The normalized spacial score (nSPS) is 11.1. The Morgan fingerprint density at radius 1 is 0.974 bits per heavy atom. The highest BCUT2D eigenvalue weighted by atomic mass is 32.2. The molecule has 0 aliphatic heterocycles. The summed E-state index contributed by atoms with van der Waals surface area (Å²) >= 11 is 1.58. The Hall–Kier alpha value is -4.43. The molecule has 0 saturated carbocycles. The van der Waals surface area contributed by atoms with Crippen molar-refractivity contribution in [3.05, 3.63) is 108 Å². The van der Waals surface area contributed by atoms with Gasteiger partial charge in [0.2, 0.25) is 0 Å². The maximum Gasteiger partial charge on any atom is 0.251 e. The van der Waals surface area contributed by atoms with Crippen LogP contribution < -0.4 is 16.4 Å². The molecule has 5 rings (SSSR count). The molecule has 0 bridgehead atoms. The molecule has 39 heavy (non-hydrogen) atoms. The lowest BCUT2D eigenvalue weighted by Crippen LogP contribution is -2.22. The van der Waals surface area contributed by atoms with Crippen molar-refractivity contribution in [2.45, 2.75) is 43.0 Å². The van der Waals surface area contributed by atoms with Gasteiger partial charge >= 0.3 is 0 Å². The number of nitrogens with two attached hydrogens (primary N) is 1. The summed E-state index contributed by atoms with van der Waals surface area (Å²) < 4.78 is 0. The number of aromatic nitrogens is 3. The van der Waals surface area contributed by atoms with Crippen molar-refractivity contribution < 1.29 is 4.79 Å². The molecule has 0 fully saturated rings. The molecule has 8 heteroatoms. The van der Waals surface area contributed by atoms with Crippen molar-refractivity contribution in [3.63, 3.8) is 0 Å². The van der Waals surface area contributed by atoms with Gasteiger partial charge in [-0.1, -0.05) is 55.4 Å². The summed E-state index contributed by atoms with van der Waals surface area (Å²) in [6.07, 6.45) is 1.51. The fraction of sp³-hybridized carbons (Fsp3) is 0.161. The lowest BCUT2D eigenvalue weighted by molar-refractivity contribution is 0.0951. The first-order valence-electron chi connectivity index (χ1n) is 12.8. The van der Waals surface area contributed by atoms with E-state index in [2.05, 4.69) is 40.5 Å². The maximum absolute atomic E-state index is 13.1. The molecule has 0 unspecified atom stereocenters. The van der Waals surface area contributed by atoms with Gasteiger partial charge in [0.15, 0.2) is 5.65 Å². The van der Waals surface area contributed by atoms with Crippen LogP contribution >= 0.6 is 11.8 Å². The number of carbonyl (C=O) groups is 1. The van der Waals surface area contributed by atoms with Gasteiger partial charge in [-0.2, -0.15) is 0 Å². The number of anilines is 3. The Bertz CT molecular complexity index is 1630. The van der Waals surface area contributed by atoms with Gasteiger partial charge in [-0.05, 0) is 73.0 Å². The number of amides is 1. The third kappa shape index (κ3) is 6.35. The third-order valence-corrected chi connectivity index (χ3v) is 7.33. The number of nitrogen functional groups attached to an aromatic ring is 1. The number of hydrogen-bond donors (Lipinski definition) is 3. The lowest BCUT2D eigenvalue weighted by Gasteiger charge is -2.15. The van der Waals surface area contributed by atoms with Crippen molar-refractivity contribution >= 4 is 45.9 Å². The lowest BCUT2D eigenvalue weighted by atomic mass is 10.1. The zero-order chi connectivity index (χ0) is 27.4. The Balaban J connectivity index is 1.47. The zero-order valence-electron chi connectivity index (χ0n) is 22.1. The molecule has 0 spiro atoms. The number of nitrogens with zero attached hydrogens (tertiary/aromatic N) is 3. The van der Waals surface area contributed by atoms with Gasteiger partial charge in [0, 0.05) is 33.3 Å². The number of carbonyl (C=O) groups excluding carboxylic acids is 1. The largest absolute Gasteiger partial charge is 0.399 e. The van der Waals surface area contributed by atoms with Crippen molar-refractivity contribution in [1.29, 1.82) is 0 Å². The maximum atomic E-state index is 13.1. The van der Waals surface area contributed by atoms with Crippen LogP contribution in [-0.2, 0) is 6.54 Å². The van der Waals surface area contributed by atoms with E-state index >= 15 is 0 Å². The highest BCUT2D eigenvalue weighted by Gasteiger charge is 2.14. The van der Waals surface area contributed by atoms with Crippen molar-refractivity contribution in [2.75, 3.05) is 11.1 Å². The summed E-state index contributed by atoms with van der Waals surface area (Å²) in [4.78, 5) is 28.7. The van der Waals surface area contributed by atoms with Crippen molar-refractivity contribution in [1.82, 2.24) is 20.3 Å². The van der Waals surface area contributed by atoms with E-state index in [4.69, 9.17) is 10.7 Å². The summed E-state index contributed by atoms with van der Waals surface area (Å²) in [6.45, 7) is 6.69. The molecule has 0 atom stereocenters. The van der Waals surface area contributed by atoms with Gasteiger partial charge in [0.05, 0.1) is 11.1 Å². The van der Waals surface area contributed by atoms with E-state index in [0.29, 0.717) is 35.2 Å². The molecule has 0 radical (unpaired) electrons. The molecule has 0 aliphatic carbocycles. The molecule has 2 aromatic heterocycles. The van der Waals surface area contributed by atoms with Crippen LogP contribution in [0.1, 0.15) is 46.9 Å². The molecular weight excluding hydrogens is 504 g/mol. The SMILES string of the molecule is Cc1cccc(CNC(=O)c2ccc(Sc3ccc(N)cc3)c(Nc3ncnc4nc(C(C)C)ccc34)c2)c1. The van der Waals surface area contributed by atoms with E-state index in [9.17, 15) is 4.79 Å². The van der Waals surface area contributed by atoms with Crippen LogP contribution in [-0.4, -0.2) is 20.9 Å². The summed E-state index contributed by atoms with van der Waals surface area (Å²) in [6, 6.07) is 25.4. The number of fused-ring (bicyclic) bond motifs is 1. The standard InChI is InChI=1S/C31H30N6OS/c1-19(2)26-13-12-25-29(36-26)34-18-35-30(25)37-27-16-22(31(38)33-17-21-6-4-5-20(3)15-21)7-14-28(27)39-24-10-8-23(32)9-11-24/h4-16,18-19H,17,32H2,1-3H3,(H,33,38)(H,34,35,36,37). The molecule has 0 saturated heterocycles. The van der Waals surface area contributed by atoms with Crippen molar-refractivity contribution in [3.8, 4) is 0 Å². The minimum absolute atomic E-state index is 0.153. The second-order valence-corrected chi connectivity index (χ2v) is 10.8. The minimum atomic E-state index is -0.153. The highest BCUT2D eigenvalue weighted by molar-refractivity contribution is 7.99. The molecular formula is C31H30N6OS. The Morgan fingerprint density at radius 2 is 1.79 bits per heavy atom. The molecule has 2 heterocycles. The van der Waals surface area contributed by atoms with Crippen LogP contribution in [0.3, 0.4) is 0 Å². The Kier molecular flexibility index (Phi) is 7.74. The first-order valence-corrected chi connectivity index (χ1v) is 13.6. The quantitative estimate of drug-likeness (QED) is 0.187. The van der Waals surface area contributed by atoms with Gasteiger partial charge < -0.3 is 16.4 Å². The molecule has 7 nitrogen and oxygen atoms in total. The highest BCUT2D eigenvalue weighted by Crippen LogP contribution is 2.36. The average Bonchev–Trinajstić information content (AvgIpc) is 2.93. The topological polar surface area (TPSA) is 106 Å². The molecule has 1 amide bonds. The van der Waals surface area contributed by atoms with Gasteiger partial charge in [-0.25, -0.2) is 15.0 Å². The second-order valence-electron chi connectivity index (χ2n) is 9.66. The fourth-order valence-electron chi connectivity index (χ4n) is 4.13. The van der Waals surface area contributed by atoms with Crippen LogP contribution in [0.15, 0.2) is 95.0 Å². The van der Waals surface area contributed by atoms with E-state index < -0.39 is 0 Å². The van der Waals surface area contributed by atoms with Crippen LogP contribution in [0.2, 0.25) is 0 Å². The number of benzene rings is 3. The van der Waals surface area contributed by atoms with E-state index in [1.54, 1.807) is 11.8 Å². The summed E-state index contributed by atoms with van der Waals surface area (Å²) in [5.41, 5.74) is 11.7. The van der Waals surface area contributed by atoms with Crippen LogP contribution in [0.4, 0.5) is 17.2 Å².